The SMILES string of the molecule is CCSC1CCCCC1NC(=O)CC(C)C1CCCNC1.Cl. The minimum atomic E-state index is 0. The van der Waals surface area contributed by atoms with Gasteiger partial charge in [0.05, 0.1) is 0 Å². The highest BCUT2D eigenvalue weighted by Gasteiger charge is 2.28. The standard InChI is InChI=1S/C17H32N2OS.ClH/c1-3-21-16-9-5-4-8-15(16)19-17(20)11-13(2)14-7-6-10-18-12-14;/h13-16,18H,3-12H2,1-2H3,(H,19,20);1H. The van der Waals surface area contributed by atoms with Crippen molar-refractivity contribution in [2.75, 3.05) is 18.8 Å². The summed E-state index contributed by atoms with van der Waals surface area (Å²) in [5.41, 5.74) is 0. The number of piperidine rings is 1. The first-order valence-corrected chi connectivity index (χ1v) is 9.87. The predicted molar refractivity (Wildman–Crippen MR) is 98.9 cm³/mol. The van der Waals surface area contributed by atoms with Crippen LogP contribution in [-0.2, 0) is 4.79 Å². The van der Waals surface area contributed by atoms with Crippen LogP contribution in [0.25, 0.3) is 0 Å². The van der Waals surface area contributed by atoms with E-state index in [2.05, 4.69) is 24.5 Å². The summed E-state index contributed by atoms with van der Waals surface area (Å²) in [5.74, 6) is 2.61. The molecule has 3 nitrogen and oxygen atoms in total. The molecule has 1 heterocycles. The van der Waals surface area contributed by atoms with E-state index in [9.17, 15) is 4.79 Å². The Kier molecular flexibility index (Phi) is 9.85. The van der Waals surface area contributed by atoms with Crippen molar-refractivity contribution < 1.29 is 4.79 Å². The van der Waals surface area contributed by atoms with E-state index in [1.807, 2.05) is 11.8 Å². The van der Waals surface area contributed by atoms with Crippen LogP contribution in [0, 0.1) is 11.8 Å². The zero-order chi connectivity index (χ0) is 15.1. The first-order chi connectivity index (χ1) is 10.2. The molecule has 0 spiro atoms. The van der Waals surface area contributed by atoms with Crippen molar-refractivity contribution in [1.82, 2.24) is 10.6 Å². The fourth-order valence-electron chi connectivity index (χ4n) is 3.76. The van der Waals surface area contributed by atoms with Crippen molar-refractivity contribution in [2.24, 2.45) is 11.8 Å². The van der Waals surface area contributed by atoms with Gasteiger partial charge in [-0.1, -0.05) is 26.7 Å². The van der Waals surface area contributed by atoms with E-state index in [-0.39, 0.29) is 18.3 Å². The van der Waals surface area contributed by atoms with E-state index >= 15 is 0 Å². The molecule has 0 radical (unpaired) electrons. The van der Waals surface area contributed by atoms with Gasteiger partial charge < -0.3 is 10.6 Å². The topological polar surface area (TPSA) is 41.1 Å². The van der Waals surface area contributed by atoms with Gasteiger partial charge in [-0.15, -0.1) is 12.4 Å². The number of halogens is 1. The largest absolute Gasteiger partial charge is 0.352 e. The van der Waals surface area contributed by atoms with Gasteiger partial charge in [-0.2, -0.15) is 11.8 Å². The van der Waals surface area contributed by atoms with E-state index < -0.39 is 0 Å². The number of carbonyl (C=O) groups excluding carboxylic acids is 1. The van der Waals surface area contributed by atoms with Crippen LogP contribution in [0.5, 0.6) is 0 Å². The Morgan fingerprint density at radius 2 is 2.05 bits per heavy atom. The predicted octanol–water partition coefficient (Wildman–Crippen LogP) is 3.61. The van der Waals surface area contributed by atoms with Gasteiger partial charge in [0.15, 0.2) is 0 Å². The summed E-state index contributed by atoms with van der Waals surface area (Å²) >= 11 is 2.02. The molecule has 1 amide bonds. The van der Waals surface area contributed by atoms with Crippen LogP contribution in [0.2, 0.25) is 0 Å². The van der Waals surface area contributed by atoms with E-state index in [4.69, 9.17) is 0 Å². The second-order valence-electron chi connectivity index (χ2n) is 6.74. The molecule has 1 aliphatic heterocycles. The summed E-state index contributed by atoms with van der Waals surface area (Å²) in [6.07, 6.45) is 8.27. The van der Waals surface area contributed by atoms with Gasteiger partial charge in [0.2, 0.25) is 5.91 Å². The molecular formula is C17H33ClN2OS. The third-order valence-corrected chi connectivity index (χ3v) is 6.40. The van der Waals surface area contributed by atoms with Crippen molar-refractivity contribution in [3.8, 4) is 0 Å². The minimum Gasteiger partial charge on any atom is -0.352 e. The average molecular weight is 349 g/mol. The Balaban J connectivity index is 0.00000242. The Hall–Kier alpha value is 0.0700. The lowest BCUT2D eigenvalue weighted by Crippen LogP contribution is -2.45. The highest BCUT2D eigenvalue weighted by atomic mass is 35.5. The highest BCUT2D eigenvalue weighted by molar-refractivity contribution is 7.99. The highest BCUT2D eigenvalue weighted by Crippen LogP contribution is 2.29. The zero-order valence-corrected chi connectivity index (χ0v) is 15.7. The van der Waals surface area contributed by atoms with Crippen LogP contribution < -0.4 is 10.6 Å². The molecule has 1 aliphatic carbocycles. The Labute approximate surface area is 146 Å². The van der Waals surface area contributed by atoms with E-state index in [0.717, 1.165) is 18.8 Å². The van der Waals surface area contributed by atoms with Crippen molar-refractivity contribution in [3.63, 3.8) is 0 Å². The lowest BCUT2D eigenvalue weighted by atomic mass is 9.85. The Bertz CT molecular complexity index is 322. The van der Waals surface area contributed by atoms with Crippen LogP contribution >= 0.6 is 24.2 Å². The van der Waals surface area contributed by atoms with Crippen LogP contribution in [0.15, 0.2) is 0 Å². The average Bonchev–Trinajstić information content (AvgIpc) is 2.50. The molecule has 2 rings (SSSR count). The minimum absolute atomic E-state index is 0. The monoisotopic (exact) mass is 348 g/mol. The van der Waals surface area contributed by atoms with Crippen LogP contribution in [0.3, 0.4) is 0 Å². The molecule has 0 aromatic heterocycles. The third-order valence-electron chi connectivity index (χ3n) is 5.08. The lowest BCUT2D eigenvalue weighted by Gasteiger charge is -2.33. The zero-order valence-electron chi connectivity index (χ0n) is 14.1. The fraction of sp³-hybridized carbons (Fsp3) is 0.941. The number of hydrogen-bond donors (Lipinski definition) is 2. The van der Waals surface area contributed by atoms with Gasteiger partial charge in [0.25, 0.3) is 0 Å². The van der Waals surface area contributed by atoms with Crippen molar-refractivity contribution in [1.29, 1.82) is 0 Å². The maximum absolute atomic E-state index is 12.4. The molecule has 2 fully saturated rings. The number of thioether (sulfide) groups is 1. The molecule has 4 unspecified atom stereocenters. The van der Waals surface area contributed by atoms with Gasteiger partial charge in [-0.3, -0.25) is 4.79 Å². The van der Waals surface area contributed by atoms with E-state index in [0.29, 0.717) is 29.5 Å². The summed E-state index contributed by atoms with van der Waals surface area (Å²) in [6.45, 7) is 6.70. The molecule has 22 heavy (non-hydrogen) atoms. The summed E-state index contributed by atoms with van der Waals surface area (Å²) < 4.78 is 0. The van der Waals surface area contributed by atoms with Gasteiger partial charge in [-0.05, 0) is 56.4 Å². The Morgan fingerprint density at radius 3 is 2.73 bits per heavy atom. The quantitative estimate of drug-likeness (QED) is 0.770. The van der Waals surface area contributed by atoms with Gasteiger partial charge >= 0.3 is 0 Å². The normalized spacial score (nSPS) is 30.2. The lowest BCUT2D eigenvalue weighted by molar-refractivity contribution is -0.123. The van der Waals surface area contributed by atoms with Gasteiger partial charge in [0.1, 0.15) is 0 Å². The van der Waals surface area contributed by atoms with Gasteiger partial charge in [-0.25, -0.2) is 0 Å². The van der Waals surface area contributed by atoms with Gasteiger partial charge in [0, 0.05) is 17.7 Å². The molecule has 130 valence electrons. The molecule has 5 heteroatoms. The molecule has 2 N–H and O–H groups in total. The molecular weight excluding hydrogens is 316 g/mol. The van der Waals surface area contributed by atoms with E-state index in [1.54, 1.807) is 0 Å². The first kappa shape index (κ1) is 20.1. The van der Waals surface area contributed by atoms with Crippen LogP contribution in [0.1, 0.15) is 58.8 Å². The molecule has 1 saturated heterocycles. The number of rotatable bonds is 6. The second kappa shape index (κ2) is 10.8. The third kappa shape index (κ3) is 6.29. The van der Waals surface area contributed by atoms with Crippen molar-refractivity contribution in [3.05, 3.63) is 0 Å². The van der Waals surface area contributed by atoms with Crippen molar-refractivity contribution >= 4 is 30.1 Å². The fourth-order valence-corrected chi connectivity index (χ4v) is 4.96. The summed E-state index contributed by atoms with van der Waals surface area (Å²) in [5, 5.41) is 7.44. The first-order valence-electron chi connectivity index (χ1n) is 8.82. The summed E-state index contributed by atoms with van der Waals surface area (Å²) in [4.78, 5) is 12.4. The van der Waals surface area contributed by atoms with E-state index in [1.165, 1.54) is 38.5 Å². The Morgan fingerprint density at radius 1 is 1.27 bits per heavy atom. The molecule has 1 saturated carbocycles. The van der Waals surface area contributed by atoms with Crippen LogP contribution in [0.4, 0.5) is 0 Å². The smallest absolute Gasteiger partial charge is 0.220 e. The number of amides is 1. The number of carbonyl (C=O) groups is 1. The van der Waals surface area contributed by atoms with Crippen LogP contribution in [-0.4, -0.2) is 36.0 Å². The molecule has 0 aromatic carbocycles. The maximum atomic E-state index is 12.4. The molecule has 0 bridgehead atoms. The summed E-state index contributed by atoms with van der Waals surface area (Å²) in [7, 11) is 0. The summed E-state index contributed by atoms with van der Waals surface area (Å²) in [6, 6.07) is 0.410. The number of hydrogen-bond acceptors (Lipinski definition) is 3. The van der Waals surface area contributed by atoms with Crippen molar-refractivity contribution in [2.45, 2.75) is 70.1 Å². The molecule has 2 aliphatic rings. The number of nitrogens with one attached hydrogen (secondary N) is 2. The molecule has 0 aromatic rings. The maximum Gasteiger partial charge on any atom is 0.220 e. The second-order valence-corrected chi connectivity index (χ2v) is 8.26. The molecule has 4 atom stereocenters.